The van der Waals surface area contributed by atoms with Crippen LogP contribution in [0.2, 0.25) is 0 Å². The molecule has 0 saturated heterocycles. The van der Waals surface area contributed by atoms with Crippen LogP contribution in [0.1, 0.15) is 84.2 Å². The molecule has 3 N–H and O–H groups in total. The Balaban J connectivity index is 0.000000219. The zero-order valence-electron chi connectivity index (χ0n) is 49.7. The standard InChI is InChI=1S/C31H29F5N6O5.C30H27F5N6O5/c1-4-24(31(34,35)36)41(17-6-7-17)18-12-20(32)26(21(33)13-18)27(43)39-22(29(45)47-3)11-16-5-8-25(38-14-16)42-28(44)19-9-10-37-15-23(19)40(2)30(42)46;1-3-23(30(33,34)35)40(16-5-6-16)17-11-19(31)25(20(32)12-17)26(42)38-21(28(44)45)10-15-4-7-24(37-13-15)41-27(43)18-8-9-36-14-22(18)39(2)29(41)46/h5,8-10,12-15,17,22,24H,4,6-7,11H2,1-3H3,(H,39,43);4,7-9,11-14,16,21,23H,3,5-6,10H2,1-2H3,(H,38,42)(H,44,45)/t22-,24+;21-,23+/m00/s1. The number of carboxylic acids is 1. The predicted molar refractivity (Wildman–Crippen MR) is 314 cm³/mol. The third-order valence-electron chi connectivity index (χ3n) is 15.7. The second-order valence-electron chi connectivity index (χ2n) is 21.9. The number of hydrogen-bond donors (Lipinski definition) is 3. The van der Waals surface area contributed by atoms with Gasteiger partial charge in [-0.15, -0.1) is 0 Å². The van der Waals surface area contributed by atoms with E-state index in [4.69, 9.17) is 4.74 Å². The summed E-state index contributed by atoms with van der Waals surface area (Å²) in [7, 11) is 3.95. The van der Waals surface area contributed by atoms with E-state index >= 15 is 17.6 Å². The van der Waals surface area contributed by atoms with Gasteiger partial charge in [0.25, 0.3) is 22.9 Å². The van der Waals surface area contributed by atoms with Gasteiger partial charge in [-0.1, -0.05) is 26.0 Å². The third kappa shape index (κ3) is 14.1. The number of benzene rings is 2. The van der Waals surface area contributed by atoms with Crippen molar-refractivity contribution in [3.63, 3.8) is 0 Å². The highest BCUT2D eigenvalue weighted by Crippen LogP contribution is 2.42. The van der Waals surface area contributed by atoms with E-state index in [0.29, 0.717) is 66.5 Å². The number of carboxylic acid groups (broad SMARTS) is 1. The Morgan fingerprint density at radius 2 is 0.957 bits per heavy atom. The van der Waals surface area contributed by atoms with Crippen molar-refractivity contribution in [2.45, 2.75) is 114 Å². The lowest BCUT2D eigenvalue weighted by Crippen LogP contribution is -2.47. The Labute approximate surface area is 518 Å². The fraction of sp³-hybridized carbons (Fsp3) is 0.344. The Morgan fingerprint density at radius 3 is 1.27 bits per heavy atom. The molecule has 2 aliphatic carbocycles. The maximum absolute atomic E-state index is 15.2. The first-order valence-electron chi connectivity index (χ1n) is 28.6. The number of alkyl halides is 6. The number of fused-ring (bicyclic) bond motifs is 2. The number of carbonyl (C=O) groups excluding carboxylic acids is 3. The van der Waals surface area contributed by atoms with Gasteiger partial charge in [-0.05, 0) is 98.2 Å². The molecule has 2 saturated carbocycles. The van der Waals surface area contributed by atoms with E-state index in [2.05, 4.69) is 25.3 Å². The molecule has 22 nitrogen and oxygen atoms in total. The van der Waals surface area contributed by atoms with Crippen molar-refractivity contribution in [3.05, 3.63) is 185 Å². The quantitative estimate of drug-likeness (QED) is 0.0508. The third-order valence-corrected chi connectivity index (χ3v) is 15.7. The smallest absolute Gasteiger partial charge is 0.408 e. The van der Waals surface area contributed by atoms with E-state index in [1.54, 1.807) is 0 Å². The van der Waals surface area contributed by atoms with Crippen molar-refractivity contribution < 1.29 is 72.9 Å². The van der Waals surface area contributed by atoms with Crippen LogP contribution < -0.4 is 42.9 Å². The Kier molecular flexibility index (Phi) is 19.4. The molecule has 32 heteroatoms. The van der Waals surface area contributed by atoms with Gasteiger partial charge < -0.3 is 30.3 Å². The van der Waals surface area contributed by atoms with Crippen LogP contribution in [-0.2, 0) is 41.3 Å². The molecular weight excluding hydrogens is 1250 g/mol. The average molecular weight is 1310 g/mol. The minimum atomic E-state index is -4.67. The zero-order chi connectivity index (χ0) is 67.7. The summed E-state index contributed by atoms with van der Waals surface area (Å²) >= 11 is 0. The number of ether oxygens (including phenoxy) is 1. The van der Waals surface area contributed by atoms with Crippen molar-refractivity contribution in [3.8, 4) is 11.6 Å². The van der Waals surface area contributed by atoms with Gasteiger partial charge in [0.1, 0.15) is 70.2 Å². The van der Waals surface area contributed by atoms with E-state index in [1.807, 2.05) is 5.32 Å². The van der Waals surface area contributed by atoms with Crippen molar-refractivity contribution in [1.29, 1.82) is 0 Å². The molecule has 2 aliphatic rings. The fourth-order valence-electron chi connectivity index (χ4n) is 10.8. The fourth-order valence-corrected chi connectivity index (χ4v) is 10.8. The highest BCUT2D eigenvalue weighted by molar-refractivity contribution is 5.98. The van der Waals surface area contributed by atoms with Gasteiger partial charge >= 0.3 is 35.7 Å². The average Bonchev–Trinajstić information content (AvgIpc) is 1.21. The summed E-state index contributed by atoms with van der Waals surface area (Å²) in [4.78, 5) is 120. The first-order chi connectivity index (χ1) is 44.0. The number of hydrogen-bond acceptors (Lipinski definition) is 15. The summed E-state index contributed by atoms with van der Waals surface area (Å²) in [6.07, 6.45) is -1.12. The lowest BCUT2D eigenvalue weighted by Gasteiger charge is -2.35. The Morgan fingerprint density at radius 1 is 0.591 bits per heavy atom. The summed E-state index contributed by atoms with van der Waals surface area (Å²) in [6, 6.07) is 2.69. The number of aromatic nitrogens is 8. The van der Waals surface area contributed by atoms with Gasteiger partial charge in [0.2, 0.25) is 0 Å². The zero-order valence-corrected chi connectivity index (χ0v) is 49.7. The Bertz CT molecular complexity index is 4410. The SMILES string of the molecule is CC[C@@H](N(c1cc(F)c(C(=O)N[C@@H](Cc2ccc(-n3c(=O)c4ccncc4n(C)c3=O)nc2)C(=O)O)c(F)c1)C1CC1)C(F)(F)F.CC[C@@H](N(c1cc(F)c(C(=O)N[C@@H](Cc2ccc(-n3c(=O)c4ccncc4n(C)c3=O)nc2)C(=O)OC)c(F)c1)C1CC1)C(F)(F)F. The molecule has 6 heterocycles. The Hall–Kier alpha value is -10.3. The topological polar surface area (TPSA) is 268 Å². The van der Waals surface area contributed by atoms with Crippen LogP contribution in [0.5, 0.6) is 0 Å². The summed E-state index contributed by atoms with van der Waals surface area (Å²) in [5, 5.41) is 14.4. The van der Waals surface area contributed by atoms with Crippen LogP contribution in [-0.4, -0.2) is 123 Å². The first kappa shape index (κ1) is 67.1. The van der Waals surface area contributed by atoms with Crippen molar-refractivity contribution >= 4 is 56.9 Å². The van der Waals surface area contributed by atoms with Gasteiger partial charge in [-0.2, -0.15) is 26.3 Å². The lowest BCUT2D eigenvalue weighted by molar-refractivity contribution is -0.150. The number of amides is 2. The second kappa shape index (κ2) is 26.9. The number of carbonyl (C=O) groups is 4. The molecule has 8 aromatic rings. The van der Waals surface area contributed by atoms with Gasteiger partial charge in [-0.3, -0.25) is 38.3 Å². The number of aryl methyl sites for hydroxylation is 2. The molecule has 0 radical (unpaired) electrons. The van der Waals surface area contributed by atoms with Crippen LogP contribution >= 0.6 is 0 Å². The number of nitrogens with zero attached hydrogens (tertiary/aromatic N) is 10. The van der Waals surface area contributed by atoms with E-state index in [-0.39, 0.29) is 58.6 Å². The normalized spacial score (nSPS) is 14.5. The highest BCUT2D eigenvalue weighted by atomic mass is 19.4. The van der Waals surface area contributed by atoms with Crippen molar-refractivity contribution in [2.75, 3.05) is 16.9 Å². The van der Waals surface area contributed by atoms with E-state index < -0.39 is 136 Å². The lowest BCUT2D eigenvalue weighted by atomic mass is 10.1. The van der Waals surface area contributed by atoms with Gasteiger partial charge in [-0.25, -0.2) is 55.8 Å². The minimum absolute atomic E-state index is 0.0305. The van der Waals surface area contributed by atoms with Crippen LogP contribution in [0.3, 0.4) is 0 Å². The van der Waals surface area contributed by atoms with Crippen LogP contribution in [0.25, 0.3) is 33.4 Å². The molecule has 2 aromatic carbocycles. The van der Waals surface area contributed by atoms with E-state index in [9.17, 15) is 69.8 Å². The first-order valence-corrected chi connectivity index (χ1v) is 28.6. The molecule has 0 unspecified atom stereocenters. The molecule has 93 heavy (non-hydrogen) atoms. The molecule has 0 aliphatic heterocycles. The number of anilines is 2. The second-order valence-corrected chi connectivity index (χ2v) is 21.9. The summed E-state index contributed by atoms with van der Waals surface area (Å²) in [6.45, 7) is 2.62. The molecule has 0 spiro atoms. The predicted octanol–water partition coefficient (Wildman–Crippen LogP) is 7.07. The minimum Gasteiger partial charge on any atom is -0.480 e. The molecule has 10 rings (SSSR count). The molecular formula is C61H56F10N12O10. The molecule has 2 fully saturated rings. The van der Waals surface area contributed by atoms with Crippen LogP contribution in [0.4, 0.5) is 55.3 Å². The van der Waals surface area contributed by atoms with Gasteiger partial charge in [0, 0.05) is 75.2 Å². The molecule has 0 bridgehead atoms. The van der Waals surface area contributed by atoms with Gasteiger partial charge in [0.05, 0.1) is 41.3 Å². The van der Waals surface area contributed by atoms with E-state index in [1.165, 1.54) is 111 Å². The van der Waals surface area contributed by atoms with Crippen molar-refractivity contribution in [2.24, 2.45) is 14.1 Å². The van der Waals surface area contributed by atoms with Crippen LogP contribution in [0.15, 0.2) is 117 Å². The summed E-state index contributed by atoms with van der Waals surface area (Å²) in [5.41, 5.74) is -4.49. The maximum atomic E-state index is 15.2. The monoisotopic (exact) mass is 1310 g/mol. The number of pyridine rings is 4. The number of aliphatic carboxylic acids is 1. The highest BCUT2D eigenvalue weighted by Gasteiger charge is 2.49. The van der Waals surface area contributed by atoms with Crippen molar-refractivity contribution in [1.82, 2.24) is 48.8 Å². The number of esters is 1. The number of halogens is 10. The van der Waals surface area contributed by atoms with Gasteiger partial charge in [0.15, 0.2) is 0 Å². The molecule has 6 aromatic heterocycles. The molecule has 4 atom stereocenters. The number of nitrogens with one attached hydrogen (secondary N) is 2. The molecule has 490 valence electrons. The number of methoxy groups -OCH3 is 1. The maximum Gasteiger partial charge on any atom is 0.408 e. The van der Waals surface area contributed by atoms with E-state index in [0.717, 1.165) is 26.0 Å². The number of rotatable bonds is 20. The summed E-state index contributed by atoms with van der Waals surface area (Å²) in [5.74, 6) is -11.1. The summed E-state index contributed by atoms with van der Waals surface area (Å²) < 4.78 is 152. The molecule has 2 amide bonds. The largest absolute Gasteiger partial charge is 0.480 e. The van der Waals surface area contributed by atoms with Crippen LogP contribution in [0, 0.1) is 23.3 Å².